The second-order valence-corrected chi connectivity index (χ2v) is 5.68. The fourth-order valence-electron chi connectivity index (χ4n) is 2.55. The highest BCUT2D eigenvalue weighted by atomic mass is 16.2. The monoisotopic (exact) mass is 274 g/mol. The molecule has 1 atom stereocenters. The summed E-state index contributed by atoms with van der Waals surface area (Å²) < 4.78 is 0. The third-order valence-electron chi connectivity index (χ3n) is 3.66. The molecule has 2 amide bonds. The molecular formula is C16H22N2O2. The molecule has 4 nitrogen and oxygen atoms in total. The highest BCUT2D eigenvalue weighted by Crippen LogP contribution is 2.19. The number of nitrogens with zero attached hydrogens (tertiary/aromatic N) is 1. The van der Waals surface area contributed by atoms with Gasteiger partial charge in [-0.25, -0.2) is 0 Å². The van der Waals surface area contributed by atoms with E-state index in [9.17, 15) is 9.59 Å². The summed E-state index contributed by atoms with van der Waals surface area (Å²) in [5.74, 6) is 0.457. The summed E-state index contributed by atoms with van der Waals surface area (Å²) >= 11 is 0. The molecular weight excluding hydrogens is 252 g/mol. The molecule has 1 heterocycles. The first kappa shape index (κ1) is 14.6. The van der Waals surface area contributed by atoms with Crippen LogP contribution in [0.15, 0.2) is 30.3 Å². The Balaban J connectivity index is 1.76. The Morgan fingerprint density at radius 1 is 1.35 bits per heavy atom. The molecule has 1 aliphatic rings. The van der Waals surface area contributed by atoms with Crippen LogP contribution in [-0.2, 0) is 16.0 Å². The van der Waals surface area contributed by atoms with E-state index in [1.165, 1.54) is 0 Å². The topological polar surface area (TPSA) is 49.4 Å². The Morgan fingerprint density at radius 3 is 2.65 bits per heavy atom. The maximum Gasteiger partial charge on any atom is 0.224 e. The highest BCUT2D eigenvalue weighted by Gasteiger charge is 2.30. The number of carbonyl (C=O) groups excluding carboxylic acids is 2. The van der Waals surface area contributed by atoms with Gasteiger partial charge < -0.3 is 10.2 Å². The van der Waals surface area contributed by atoms with Crippen LogP contribution in [0.1, 0.15) is 25.8 Å². The summed E-state index contributed by atoms with van der Waals surface area (Å²) in [6.45, 7) is 5.38. The zero-order chi connectivity index (χ0) is 14.5. The van der Waals surface area contributed by atoms with Crippen LogP contribution in [0.4, 0.5) is 0 Å². The van der Waals surface area contributed by atoms with Crippen LogP contribution in [0.25, 0.3) is 0 Å². The lowest BCUT2D eigenvalue weighted by Gasteiger charge is -2.21. The zero-order valence-corrected chi connectivity index (χ0v) is 12.1. The van der Waals surface area contributed by atoms with Crippen LogP contribution >= 0.6 is 0 Å². The number of rotatable bonds is 5. The standard InChI is InChI=1S/C16H22N2O2/c1-12(2)18-11-14(9-16(18)20)10-17-15(19)8-13-6-4-3-5-7-13/h3-7,12,14H,8-11H2,1-2H3,(H,17,19). The van der Waals surface area contributed by atoms with Crippen LogP contribution in [-0.4, -0.2) is 35.8 Å². The summed E-state index contributed by atoms with van der Waals surface area (Å²) in [7, 11) is 0. The average Bonchev–Trinajstić information content (AvgIpc) is 2.79. The molecule has 108 valence electrons. The minimum Gasteiger partial charge on any atom is -0.355 e. The van der Waals surface area contributed by atoms with E-state index in [4.69, 9.17) is 0 Å². The van der Waals surface area contributed by atoms with Gasteiger partial charge in [-0.2, -0.15) is 0 Å². The van der Waals surface area contributed by atoms with Gasteiger partial charge in [-0.05, 0) is 19.4 Å². The van der Waals surface area contributed by atoms with E-state index in [0.29, 0.717) is 19.4 Å². The van der Waals surface area contributed by atoms with Gasteiger partial charge in [-0.1, -0.05) is 30.3 Å². The molecule has 20 heavy (non-hydrogen) atoms. The molecule has 1 fully saturated rings. The van der Waals surface area contributed by atoms with Crippen molar-refractivity contribution in [1.82, 2.24) is 10.2 Å². The first-order valence-electron chi connectivity index (χ1n) is 7.16. The van der Waals surface area contributed by atoms with E-state index in [0.717, 1.165) is 12.1 Å². The third-order valence-corrected chi connectivity index (χ3v) is 3.66. The number of amides is 2. The summed E-state index contributed by atoms with van der Waals surface area (Å²) in [6, 6.07) is 9.93. The summed E-state index contributed by atoms with van der Waals surface area (Å²) in [4.78, 5) is 25.5. The maximum absolute atomic E-state index is 11.9. The number of nitrogens with one attached hydrogen (secondary N) is 1. The van der Waals surface area contributed by atoms with E-state index < -0.39 is 0 Å². The Bertz CT molecular complexity index is 471. The van der Waals surface area contributed by atoms with Gasteiger partial charge in [0.2, 0.25) is 11.8 Å². The van der Waals surface area contributed by atoms with Crippen molar-refractivity contribution in [2.24, 2.45) is 5.92 Å². The molecule has 2 rings (SSSR count). The molecule has 1 aliphatic heterocycles. The van der Waals surface area contributed by atoms with E-state index in [2.05, 4.69) is 5.32 Å². The molecule has 1 aromatic rings. The second-order valence-electron chi connectivity index (χ2n) is 5.68. The van der Waals surface area contributed by atoms with E-state index >= 15 is 0 Å². The average molecular weight is 274 g/mol. The van der Waals surface area contributed by atoms with Crippen LogP contribution in [0, 0.1) is 5.92 Å². The van der Waals surface area contributed by atoms with Crippen molar-refractivity contribution in [1.29, 1.82) is 0 Å². The van der Waals surface area contributed by atoms with Crippen molar-refractivity contribution in [2.75, 3.05) is 13.1 Å². The van der Waals surface area contributed by atoms with Gasteiger partial charge in [0.05, 0.1) is 6.42 Å². The lowest BCUT2D eigenvalue weighted by atomic mass is 10.1. The second kappa shape index (κ2) is 6.55. The molecule has 0 spiro atoms. The van der Waals surface area contributed by atoms with Gasteiger partial charge in [0.1, 0.15) is 0 Å². The lowest BCUT2D eigenvalue weighted by Crippen LogP contribution is -2.34. The number of benzene rings is 1. The summed E-state index contributed by atoms with van der Waals surface area (Å²) in [5, 5.41) is 2.94. The predicted octanol–water partition coefficient (Wildman–Crippen LogP) is 1.60. The fourth-order valence-corrected chi connectivity index (χ4v) is 2.55. The van der Waals surface area contributed by atoms with Crippen molar-refractivity contribution in [3.63, 3.8) is 0 Å². The number of likely N-dealkylation sites (tertiary alicyclic amines) is 1. The molecule has 4 heteroatoms. The largest absolute Gasteiger partial charge is 0.355 e. The molecule has 1 unspecified atom stereocenters. The molecule has 0 aliphatic carbocycles. The van der Waals surface area contributed by atoms with Crippen LogP contribution < -0.4 is 5.32 Å². The van der Waals surface area contributed by atoms with Gasteiger partial charge >= 0.3 is 0 Å². The molecule has 0 saturated carbocycles. The zero-order valence-electron chi connectivity index (χ0n) is 12.1. The summed E-state index contributed by atoms with van der Waals surface area (Å²) in [6.07, 6.45) is 0.944. The first-order chi connectivity index (χ1) is 9.56. The highest BCUT2D eigenvalue weighted by molar-refractivity contribution is 5.80. The van der Waals surface area contributed by atoms with Gasteiger partial charge in [-0.3, -0.25) is 9.59 Å². The lowest BCUT2D eigenvalue weighted by molar-refractivity contribution is -0.129. The SMILES string of the molecule is CC(C)N1CC(CNC(=O)Cc2ccccc2)CC1=O. The minimum atomic E-state index is 0.0200. The van der Waals surface area contributed by atoms with Crippen molar-refractivity contribution in [3.05, 3.63) is 35.9 Å². The molecule has 1 saturated heterocycles. The Morgan fingerprint density at radius 2 is 2.05 bits per heavy atom. The van der Waals surface area contributed by atoms with Gasteiger partial charge in [0.15, 0.2) is 0 Å². The van der Waals surface area contributed by atoms with E-state index in [-0.39, 0.29) is 23.8 Å². The quantitative estimate of drug-likeness (QED) is 0.886. The van der Waals surface area contributed by atoms with E-state index in [1.807, 2.05) is 49.1 Å². The van der Waals surface area contributed by atoms with Gasteiger partial charge in [0, 0.05) is 31.5 Å². The third kappa shape index (κ3) is 3.83. The van der Waals surface area contributed by atoms with Crippen molar-refractivity contribution in [3.8, 4) is 0 Å². The van der Waals surface area contributed by atoms with Crippen molar-refractivity contribution in [2.45, 2.75) is 32.7 Å². The van der Waals surface area contributed by atoms with Crippen LogP contribution in [0.5, 0.6) is 0 Å². The molecule has 1 N–H and O–H groups in total. The van der Waals surface area contributed by atoms with Crippen LogP contribution in [0.3, 0.4) is 0 Å². The number of hydrogen-bond donors (Lipinski definition) is 1. The smallest absolute Gasteiger partial charge is 0.224 e. The maximum atomic E-state index is 11.9. The molecule has 0 aromatic heterocycles. The summed E-state index contributed by atoms with van der Waals surface area (Å²) in [5.41, 5.74) is 1.01. The minimum absolute atomic E-state index is 0.0200. The normalized spacial score (nSPS) is 18.6. The number of carbonyl (C=O) groups is 2. The first-order valence-corrected chi connectivity index (χ1v) is 7.16. The Hall–Kier alpha value is -1.84. The van der Waals surface area contributed by atoms with Gasteiger partial charge in [0.25, 0.3) is 0 Å². The van der Waals surface area contributed by atoms with Crippen LogP contribution in [0.2, 0.25) is 0 Å². The van der Waals surface area contributed by atoms with Crippen molar-refractivity contribution >= 4 is 11.8 Å². The molecule has 0 bridgehead atoms. The predicted molar refractivity (Wildman–Crippen MR) is 78.1 cm³/mol. The molecule has 1 aromatic carbocycles. The molecule has 0 radical (unpaired) electrons. The number of hydrogen-bond acceptors (Lipinski definition) is 2. The van der Waals surface area contributed by atoms with Crippen molar-refractivity contribution < 1.29 is 9.59 Å². The van der Waals surface area contributed by atoms with Gasteiger partial charge in [-0.15, -0.1) is 0 Å². The Labute approximate surface area is 120 Å². The van der Waals surface area contributed by atoms with E-state index in [1.54, 1.807) is 0 Å². The Kier molecular flexibility index (Phi) is 4.77. The fraction of sp³-hybridized carbons (Fsp3) is 0.500.